The zero-order valence-corrected chi connectivity index (χ0v) is 10.8. The summed E-state index contributed by atoms with van der Waals surface area (Å²) in [6.07, 6.45) is 3.35. The lowest BCUT2D eigenvalue weighted by atomic mass is 10.1. The average Bonchev–Trinajstić information content (AvgIpc) is 2.38. The normalized spacial score (nSPS) is 10.5. The van der Waals surface area contributed by atoms with Gasteiger partial charge in [-0.2, -0.15) is 0 Å². The predicted octanol–water partition coefficient (Wildman–Crippen LogP) is 2.29. The van der Waals surface area contributed by atoms with Crippen molar-refractivity contribution < 1.29 is 14.6 Å². The van der Waals surface area contributed by atoms with Gasteiger partial charge in [0.25, 0.3) is 0 Å². The highest BCUT2D eigenvalue weighted by Gasteiger charge is 2.02. The van der Waals surface area contributed by atoms with E-state index in [1.807, 2.05) is 6.07 Å². The molecule has 0 saturated heterocycles. The van der Waals surface area contributed by atoms with Gasteiger partial charge >= 0.3 is 5.97 Å². The SMILES string of the molecule is COCCCCCNCc1cccc(C(=O)O)c1. The van der Waals surface area contributed by atoms with Gasteiger partial charge in [0, 0.05) is 20.3 Å². The molecule has 0 aliphatic heterocycles. The Hall–Kier alpha value is -1.39. The van der Waals surface area contributed by atoms with Gasteiger partial charge in [-0.15, -0.1) is 0 Å². The standard InChI is InChI=1S/C14H21NO3/c1-18-9-4-2-3-8-15-11-12-6-5-7-13(10-12)14(16)17/h5-7,10,15H,2-4,8-9,11H2,1H3,(H,16,17). The summed E-state index contributed by atoms with van der Waals surface area (Å²) in [5, 5.41) is 12.2. The van der Waals surface area contributed by atoms with Crippen LogP contribution in [-0.4, -0.2) is 31.3 Å². The van der Waals surface area contributed by atoms with Crippen molar-refractivity contribution in [1.29, 1.82) is 0 Å². The zero-order chi connectivity index (χ0) is 13.2. The van der Waals surface area contributed by atoms with Crippen molar-refractivity contribution in [2.75, 3.05) is 20.3 Å². The Balaban J connectivity index is 2.19. The third-order valence-electron chi connectivity index (χ3n) is 2.71. The molecule has 1 aromatic carbocycles. The molecule has 0 bridgehead atoms. The van der Waals surface area contributed by atoms with Crippen molar-refractivity contribution in [2.45, 2.75) is 25.8 Å². The minimum absolute atomic E-state index is 0.342. The summed E-state index contributed by atoms with van der Waals surface area (Å²) >= 11 is 0. The van der Waals surface area contributed by atoms with E-state index in [1.54, 1.807) is 25.3 Å². The Morgan fingerprint density at radius 2 is 2.17 bits per heavy atom. The number of ether oxygens (including phenoxy) is 1. The van der Waals surface area contributed by atoms with Gasteiger partial charge in [-0.05, 0) is 43.5 Å². The molecule has 4 heteroatoms. The van der Waals surface area contributed by atoms with Gasteiger partial charge in [-0.1, -0.05) is 12.1 Å². The average molecular weight is 251 g/mol. The van der Waals surface area contributed by atoms with Gasteiger partial charge in [0.2, 0.25) is 0 Å². The van der Waals surface area contributed by atoms with Crippen molar-refractivity contribution in [2.24, 2.45) is 0 Å². The predicted molar refractivity (Wildman–Crippen MR) is 70.8 cm³/mol. The maximum Gasteiger partial charge on any atom is 0.335 e. The van der Waals surface area contributed by atoms with Gasteiger partial charge in [-0.3, -0.25) is 0 Å². The number of methoxy groups -OCH3 is 1. The van der Waals surface area contributed by atoms with Gasteiger partial charge in [0.15, 0.2) is 0 Å². The number of hydrogen-bond donors (Lipinski definition) is 2. The third-order valence-corrected chi connectivity index (χ3v) is 2.71. The van der Waals surface area contributed by atoms with E-state index in [2.05, 4.69) is 5.32 Å². The quantitative estimate of drug-likeness (QED) is 0.661. The highest BCUT2D eigenvalue weighted by atomic mass is 16.5. The highest BCUT2D eigenvalue weighted by Crippen LogP contribution is 2.05. The van der Waals surface area contributed by atoms with Crippen LogP contribution in [0.2, 0.25) is 0 Å². The first-order valence-corrected chi connectivity index (χ1v) is 6.26. The lowest BCUT2D eigenvalue weighted by molar-refractivity contribution is 0.0696. The minimum atomic E-state index is -0.878. The van der Waals surface area contributed by atoms with Crippen LogP contribution in [0, 0.1) is 0 Å². The molecule has 0 radical (unpaired) electrons. The summed E-state index contributed by atoms with van der Waals surface area (Å²) in [7, 11) is 1.72. The van der Waals surface area contributed by atoms with Crippen LogP contribution in [0.5, 0.6) is 0 Å². The number of rotatable bonds is 9. The molecule has 18 heavy (non-hydrogen) atoms. The number of carbonyl (C=O) groups is 1. The molecule has 0 spiro atoms. The molecule has 0 saturated carbocycles. The Kier molecular flexibility index (Phi) is 7.06. The van der Waals surface area contributed by atoms with Crippen LogP contribution in [0.15, 0.2) is 24.3 Å². The lowest BCUT2D eigenvalue weighted by Crippen LogP contribution is -2.15. The lowest BCUT2D eigenvalue weighted by Gasteiger charge is -2.05. The number of unbranched alkanes of at least 4 members (excludes halogenated alkanes) is 2. The van der Waals surface area contributed by atoms with Crippen LogP contribution >= 0.6 is 0 Å². The third kappa shape index (κ3) is 5.80. The van der Waals surface area contributed by atoms with E-state index in [9.17, 15) is 4.79 Å². The van der Waals surface area contributed by atoms with Crippen LogP contribution < -0.4 is 5.32 Å². The van der Waals surface area contributed by atoms with E-state index in [1.165, 1.54) is 0 Å². The van der Waals surface area contributed by atoms with Crippen molar-refractivity contribution in [1.82, 2.24) is 5.32 Å². The van der Waals surface area contributed by atoms with Crippen LogP contribution in [-0.2, 0) is 11.3 Å². The summed E-state index contributed by atoms with van der Waals surface area (Å²) < 4.78 is 4.98. The van der Waals surface area contributed by atoms with Gasteiger partial charge in [0.05, 0.1) is 5.56 Å². The van der Waals surface area contributed by atoms with Gasteiger partial charge in [0.1, 0.15) is 0 Å². The van der Waals surface area contributed by atoms with Gasteiger partial charge in [-0.25, -0.2) is 4.79 Å². The fourth-order valence-electron chi connectivity index (χ4n) is 1.72. The van der Waals surface area contributed by atoms with E-state index in [0.717, 1.165) is 38.0 Å². The van der Waals surface area contributed by atoms with E-state index < -0.39 is 5.97 Å². The second-order valence-electron chi connectivity index (χ2n) is 4.24. The zero-order valence-electron chi connectivity index (χ0n) is 10.8. The molecule has 0 fully saturated rings. The van der Waals surface area contributed by atoms with Crippen LogP contribution in [0.1, 0.15) is 35.2 Å². The summed E-state index contributed by atoms with van der Waals surface area (Å²) in [5.41, 5.74) is 1.35. The second-order valence-corrected chi connectivity index (χ2v) is 4.24. The maximum absolute atomic E-state index is 10.8. The molecule has 1 rings (SSSR count). The first-order chi connectivity index (χ1) is 8.74. The summed E-state index contributed by atoms with van der Waals surface area (Å²) in [5.74, 6) is -0.878. The molecule has 0 atom stereocenters. The number of hydrogen-bond acceptors (Lipinski definition) is 3. The molecule has 0 heterocycles. The summed E-state index contributed by atoms with van der Waals surface area (Å²) in [6, 6.07) is 7.03. The van der Waals surface area contributed by atoms with Crippen molar-refractivity contribution in [3.8, 4) is 0 Å². The molecule has 0 aromatic heterocycles. The number of carboxylic acids is 1. The molecule has 0 amide bonds. The molecule has 2 N–H and O–H groups in total. The Morgan fingerprint density at radius 3 is 2.89 bits per heavy atom. The number of benzene rings is 1. The first kappa shape index (κ1) is 14.7. The fraction of sp³-hybridized carbons (Fsp3) is 0.500. The largest absolute Gasteiger partial charge is 0.478 e. The van der Waals surface area contributed by atoms with E-state index >= 15 is 0 Å². The summed E-state index contributed by atoms with van der Waals surface area (Å²) in [6.45, 7) is 2.48. The maximum atomic E-state index is 10.8. The molecule has 0 unspecified atom stereocenters. The number of nitrogens with one attached hydrogen (secondary N) is 1. The molecule has 1 aromatic rings. The number of carboxylic acid groups (broad SMARTS) is 1. The van der Waals surface area contributed by atoms with E-state index in [0.29, 0.717) is 12.1 Å². The van der Waals surface area contributed by atoms with E-state index in [-0.39, 0.29) is 0 Å². The van der Waals surface area contributed by atoms with Gasteiger partial charge < -0.3 is 15.2 Å². The highest BCUT2D eigenvalue weighted by molar-refractivity contribution is 5.87. The molecule has 0 aliphatic carbocycles. The second kappa shape index (κ2) is 8.66. The monoisotopic (exact) mass is 251 g/mol. The van der Waals surface area contributed by atoms with E-state index in [4.69, 9.17) is 9.84 Å². The van der Waals surface area contributed by atoms with Crippen LogP contribution in [0.25, 0.3) is 0 Å². The van der Waals surface area contributed by atoms with Crippen LogP contribution in [0.3, 0.4) is 0 Å². The van der Waals surface area contributed by atoms with Crippen molar-refractivity contribution in [3.05, 3.63) is 35.4 Å². The molecule has 100 valence electrons. The molecule has 0 aliphatic rings. The first-order valence-electron chi connectivity index (χ1n) is 6.26. The minimum Gasteiger partial charge on any atom is -0.478 e. The Bertz CT molecular complexity index is 366. The molecule has 4 nitrogen and oxygen atoms in total. The fourth-order valence-corrected chi connectivity index (χ4v) is 1.72. The Labute approximate surface area is 108 Å². The van der Waals surface area contributed by atoms with Crippen LogP contribution in [0.4, 0.5) is 0 Å². The Morgan fingerprint density at radius 1 is 1.33 bits per heavy atom. The molecular formula is C14H21NO3. The molecular weight excluding hydrogens is 230 g/mol. The topological polar surface area (TPSA) is 58.6 Å². The summed E-state index contributed by atoms with van der Waals surface area (Å²) in [4.78, 5) is 10.8. The van der Waals surface area contributed by atoms with Crippen molar-refractivity contribution >= 4 is 5.97 Å². The number of aromatic carboxylic acids is 1. The smallest absolute Gasteiger partial charge is 0.335 e. The van der Waals surface area contributed by atoms with Crippen molar-refractivity contribution in [3.63, 3.8) is 0 Å².